The van der Waals surface area contributed by atoms with Gasteiger partial charge < -0.3 is 13.6 Å². The zero-order valence-electron chi connectivity index (χ0n) is 15.8. The highest BCUT2D eigenvalue weighted by molar-refractivity contribution is 7.53. The molecule has 10 heteroatoms. The van der Waals surface area contributed by atoms with E-state index in [1.165, 1.54) is 4.57 Å². The van der Waals surface area contributed by atoms with Crippen LogP contribution in [0.25, 0.3) is 11.2 Å². The fraction of sp³-hybridized carbons (Fsp3) is 0.688. The summed E-state index contributed by atoms with van der Waals surface area (Å²) in [6.45, 7) is 6.30. The van der Waals surface area contributed by atoms with Gasteiger partial charge in [-0.1, -0.05) is 13.8 Å². The predicted octanol–water partition coefficient (Wildman–Crippen LogP) is 2.03. The van der Waals surface area contributed by atoms with Gasteiger partial charge in [-0.25, -0.2) is 9.78 Å². The Bertz CT molecular complexity index is 914. The molecule has 2 heterocycles. The molecule has 0 amide bonds. The maximum Gasteiger partial charge on any atom is 0.330 e. The molecule has 0 bridgehead atoms. The number of rotatable bonds is 10. The van der Waals surface area contributed by atoms with Gasteiger partial charge >= 0.3 is 13.3 Å². The number of aromatic amines is 1. The maximum absolute atomic E-state index is 12.6. The third-order valence-corrected chi connectivity index (χ3v) is 6.20. The lowest BCUT2D eigenvalue weighted by Crippen LogP contribution is -2.35. The lowest BCUT2D eigenvalue weighted by atomic mass is 10.3. The van der Waals surface area contributed by atoms with Gasteiger partial charge in [-0.2, -0.15) is 0 Å². The van der Waals surface area contributed by atoms with Crippen LogP contribution in [0.1, 0.15) is 39.4 Å². The first-order chi connectivity index (χ1) is 12.4. The topological polar surface area (TPSA) is 108 Å². The summed E-state index contributed by atoms with van der Waals surface area (Å²) in [6.07, 6.45) is 2.09. The van der Waals surface area contributed by atoms with Crippen LogP contribution in [-0.2, 0) is 33.6 Å². The minimum absolute atomic E-state index is 0.255. The summed E-state index contributed by atoms with van der Waals surface area (Å²) in [7, 11) is -1.25. The van der Waals surface area contributed by atoms with Crippen LogP contribution < -0.4 is 11.2 Å². The minimum Gasteiger partial charge on any atom is -0.325 e. The third kappa shape index (κ3) is 4.34. The smallest absolute Gasteiger partial charge is 0.325 e. The number of unbranched alkanes of at least 4 members (excludes halogenated alkanes) is 1. The number of hydrogen-bond acceptors (Lipinski definition) is 6. The van der Waals surface area contributed by atoms with Crippen LogP contribution in [0.2, 0.25) is 0 Å². The van der Waals surface area contributed by atoms with Crippen molar-refractivity contribution >= 4 is 18.8 Å². The lowest BCUT2D eigenvalue weighted by molar-refractivity contribution is 0.208. The molecule has 146 valence electrons. The highest BCUT2D eigenvalue weighted by Gasteiger charge is 2.20. The van der Waals surface area contributed by atoms with Crippen molar-refractivity contribution in [3.05, 3.63) is 26.7 Å². The Labute approximate surface area is 151 Å². The molecular weight excluding hydrogens is 359 g/mol. The molecule has 1 N–H and O–H groups in total. The summed E-state index contributed by atoms with van der Waals surface area (Å²) in [6, 6.07) is 0. The van der Waals surface area contributed by atoms with Gasteiger partial charge in [0, 0.05) is 26.2 Å². The molecule has 0 radical (unpaired) electrons. The van der Waals surface area contributed by atoms with Crippen LogP contribution in [0.3, 0.4) is 0 Å². The third-order valence-electron chi connectivity index (χ3n) is 4.20. The number of imidazole rings is 1. The van der Waals surface area contributed by atoms with Crippen molar-refractivity contribution < 1.29 is 13.6 Å². The Morgan fingerprint density at radius 2 is 1.88 bits per heavy atom. The Morgan fingerprint density at radius 1 is 1.15 bits per heavy atom. The van der Waals surface area contributed by atoms with Gasteiger partial charge in [-0.3, -0.25) is 18.9 Å². The van der Waals surface area contributed by atoms with Crippen LogP contribution in [0, 0.1) is 0 Å². The fourth-order valence-corrected chi connectivity index (χ4v) is 4.02. The van der Waals surface area contributed by atoms with Crippen molar-refractivity contribution in [1.29, 1.82) is 0 Å². The molecule has 0 saturated carbocycles. The predicted molar refractivity (Wildman–Crippen MR) is 99.9 cm³/mol. The largest absolute Gasteiger partial charge is 0.330 e. The fourth-order valence-electron chi connectivity index (χ4n) is 2.78. The van der Waals surface area contributed by atoms with Crippen molar-refractivity contribution in [3.8, 4) is 0 Å². The van der Waals surface area contributed by atoms with E-state index in [-0.39, 0.29) is 18.7 Å². The minimum atomic E-state index is -3.02. The zero-order chi connectivity index (χ0) is 19.3. The first kappa shape index (κ1) is 20.6. The molecule has 2 aromatic rings. The van der Waals surface area contributed by atoms with Crippen molar-refractivity contribution in [1.82, 2.24) is 19.1 Å². The summed E-state index contributed by atoms with van der Waals surface area (Å²) < 4.78 is 25.6. The highest BCUT2D eigenvalue weighted by atomic mass is 31.2. The van der Waals surface area contributed by atoms with Crippen molar-refractivity contribution in [2.24, 2.45) is 7.05 Å². The quantitative estimate of drug-likeness (QED) is 0.494. The van der Waals surface area contributed by atoms with Crippen LogP contribution >= 0.6 is 7.60 Å². The van der Waals surface area contributed by atoms with E-state index in [1.807, 2.05) is 6.92 Å². The average Bonchev–Trinajstić information content (AvgIpc) is 2.93. The van der Waals surface area contributed by atoms with Crippen LogP contribution in [-0.4, -0.2) is 38.5 Å². The number of nitrogens with zero attached hydrogens (tertiary/aromatic N) is 3. The van der Waals surface area contributed by atoms with E-state index in [1.54, 1.807) is 25.5 Å². The van der Waals surface area contributed by atoms with E-state index in [4.69, 9.17) is 9.05 Å². The van der Waals surface area contributed by atoms with E-state index in [2.05, 4.69) is 9.97 Å². The van der Waals surface area contributed by atoms with E-state index in [0.29, 0.717) is 43.2 Å². The Hall–Kier alpha value is -1.70. The maximum atomic E-state index is 12.6. The molecule has 0 spiro atoms. The summed E-state index contributed by atoms with van der Waals surface area (Å²) in [5.74, 6) is 0.741. The SMILES string of the molecule is CCOP(=O)(CC)OCCCCn1c(=O)[nH]c2nc(CC)n(C)c2c1=O. The van der Waals surface area contributed by atoms with E-state index in [0.717, 1.165) is 5.82 Å². The van der Waals surface area contributed by atoms with Crippen LogP contribution in [0.4, 0.5) is 0 Å². The van der Waals surface area contributed by atoms with E-state index in [9.17, 15) is 14.2 Å². The Morgan fingerprint density at radius 3 is 2.50 bits per heavy atom. The molecular formula is C16H27N4O5P. The molecule has 0 aliphatic carbocycles. The molecule has 0 aliphatic heterocycles. The second-order valence-corrected chi connectivity index (χ2v) is 8.28. The number of aryl methyl sites for hydroxylation is 2. The normalized spacial score (nSPS) is 14.0. The summed E-state index contributed by atoms with van der Waals surface area (Å²) in [4.78, 5) is 31.8. The molecule has 0 aromatic carbocycles. The first-order valence-corrected chi connectivity index (χ1v) is 10.7. The van der Waals surface area contributed by atoms with Crippen molar-refractivity contribution in [3.63, 3.8) is 0 Å². The molecule has 0 saturated heterocycles. The van der Waals surface area contributed by atoms with E-state index < -0.39 is 13.3 Å². The standard InChI is InChI=1S/C16H27N4O5P/c1-5-12-17-14-13(19(12)4)15(21)20(16(22)18-14)10-8-9-11-25-26(23,7-3)24-6-2/h5-11H2,1-4H3,(H,18,22). The van der Waals surface area contributed by atoms with Gasteiger partial charge in [0.15, 0.2) is 11.2 Å². The number of aromatic nitrogens is 4. The average molecular weight is 386 g/mol. The van der Waals surface area contributed by atoms with Crippen LogP contribution in [0.5, 0.6) is 0 Å². The zero-order valence-corrected chi connectivity index (χ0v) is 16.7. The molecule has 26 heavy (non-hydrogen) atoms. The van der Waals surface area contributed by atoms with Gasteiger partial charge in [0.2, 0.25) is 0 Å². The van der Waals surface area contributed by atoms with Gasteiger partial charge in [-0.15, -0.1) is 0 Å². The monoisotopic (exact) mass is 386 g/mol. The Balaban J connectivity index is 2.05. The molecule has 2 aromatic heterocycles. The highest BCUT2D eigenvalue weighted by Crippen LogP contribution is 2.47. The van der Waals surface area contributed by atoms with Crippen LogP contribution in [0.15, 0.2) is 9.59 Å². The summed E-state index contributed by atoms with van der Waals surface area (Å²) >= 11 is 0. The summed E-state index contributed by atoms with van der Waals surface area (Å²) in [5, 5.41) is 0. The van der Waals surface area contributed by atoms with Crippen molar-refractivity contribution in [2.75, 3.05) is 19.4 Å². The van der Waals surface area contributed by atoms with Crippen molar-refractivity contribution in [2.45, 2.75) is 46.6 Å². The lowest BCUT2D eigenvalue weighted by Gasteiger charge is -2.15. The summed E-state index contributed by atoms with van der Waals surface area (Å²) in [5.41, 5.74) is -0.116. The van der Waals surface area contributed by atoms with Gasteiger partial charge in [0.25, 0.3) is 5.56 Å². The molecule has 2 rings (SSSR count). The van der Waals surface area contributed by atoms with Gasteiger partial charge in [-0.05, 0) is 19.8 Å². The second kappa shape index (κ2) is 8.79. The number of H-pyrrole nitrogens is 1. The molecule has 1 unspecified atom stereocenters. The van der Waals surface area contributed by atoms with Gasteiger partial charge in [0.05, 0.1) is 13.2 Å². The molecule has 1 atom stereocenters. The molecule has 9 nitrogen and oxygen atoms in total. The first-order valence-electron chi connectivity index (χ1n) is 8.93. The number of fused-ring (bicyclic) bond motifs is 1. The second-order valence-electron chi connectivity index (χ2n) is 5.91. The van der Waals surface area contributed by atoms with Gasteiger partial charge in [0.1, 0.15) is 5.82 Å². The van der Waals surface area contributed by atoms with E-state index >= 15 is 0 Å². The molecule has 0 aliphatic rings. The Kier molecular flexibility index (Phi) is 6.97. The molecule has 0 fully saturated rings. The number of nitrogens with one attached hydrogen (secondary N) is 1. The number of hydrogen-bond donors (Lipinski definition) is 1.